The number of carbonyl (C=O) groups excluding carboxylic acids is 2. The minimum atomic E-state index is -3.51. The molecule has 0 radical (unpaired) electrons. The normalized spacial score (nSPS) is 21.9. The molecule has 1 aliphatic carbocycles. The number of nitrogens with zero attached hydrogens (tertiary/aromatic N) is 4. The minimum absolute atomic E-state index is 0.0225. The average Bonchev–Trinajstić information content (AvgIpc) is 3.57. The first-order valence-corrected chi connectivity index (χ1v) is 16.5. The Hall–Kier alpha value is -2.91. The molecule has 1 saturated carbocycles. The van der Waals surface area contributed by atoms with Gasteiger partial charge >= 0.3 is 0 Å². The van der Waals surface area contributed by atoms with Crippen LogP contribution >= 0.6 is 11.3 Å². The molecule has 1 aromatic heterocycles. The smallest absolute Gasteiger partial charge is 0.280 e. The number of amides is 2. The van der Waals surface area contributed by atoms with Crippen molar-refractivity contribution in [3.05, 3.63) is 40.9 Å². The quantitative estimate of drug-likeness (QED) is 0.207. The number of benzene rings is 1. The molecule has 42 heavy (non-hydrogen) atoms. The lowest BCUT2D eigenvalue weighted by atomic mass is 10.1. The molecule has 12 nitrogen and oxygen atoms in total. The third-order valence-electron chi connectivity index (χ3n) is 7.38. The fourth-order valence-corrected chi connectivity index (χ4v) is 7.29. The number of ether oxygens (including phenoxy) is 1. The predicted molar refractivity (Wildman–Crippen MR) is 159 cm³/mol. The van der Waals surface area contributed by atoms with Crippen LogP contribution in [0.25, 0.3) is 0 Å². The zero-order chi connectivity index (χ0) is 30.3. The van der Waals surface area contributed by atoms with Crippen LogP contribution < -0.4 is 5.32 Å². The number of nitrogens with one attached hydrogen (secondary N) is 1. The van der Waals surface area contributed by atoms with Crippen LogP contribution in [0.4, 0.5) is 5.13 Å². The molecule has 4 rings (SSSR count). The van der Waals surface area contributed by atoms with Gasteiger partial charge in [-0.2, -0.15) is 0 Å². The number of aromatic nitrogens is 1. The third-order valence-corrected chi connectivity index (χ3v) is 10.1. The fraction of sp³-hybridized carbons (Fsp3) is 0.571. The number of thiazole rings is 1. The zero-order valence-electron chi connectivity index (χ0n) is 24.2. The van der Waals surface area contributed by atoms with Gasteiger partial charge in [-0.05, 0) is 38.3 Å². The molecular formula is C28H39N5O7S2. The second-order valence-corrected chi connectivity index (χ2v) is 13.9. The summed E-state index contributed by atoms with van der Waals surface area (Å²) < 4.78 is 30.3. The van der Waals surface area contributed by atoms with Crippen LogP contribution in [-0.4, -0.2) is 103 Å². The van der Waals surface area contributed by atoms with Crippen molar-refractivity contribution in [1.82, 2.24) is 14.8 Å². The monoisotopic (exact) mass is 621 g/mol. The summed E-state index contributed by atoms with van der Waals surface area (Å²) in [5.41, 5.74) is 0.363. The maximum atomic E-state index is 13.4. The number of sulfone groups is 1. The molecule has 0 unspecified atom stereocenters. The Kier molecular flexibility index (Phi) is 11.1. The highest BCUT2D eigenvalue weighted by molar-refractivity contribution is 7.91. The average molecular weight is 622 g/mol. The molecule has 0 bridgehead atoms. The van der Waals surface area contributed by atoms with Gasteiger partial charge in [0.05, 0.1) is 16.8 Å². The van der Waals surface area contributed by atoms with Crippen molar-refractivity contribution in [2.45, 2.75) is 69.2 Å². The lowest BCUT2D eigenvalue weighted by Crippen LogP contribution is -2.52. The first-order chi connectivity index (χ1) is 20.1. The number of hydrogen-bond acceptors (Lipinski definition) is 11. The number of methoxy groups -OCH3 is 1. The Bertz CT molecular complexity index is 1360. The molecule has 1 saturated heterocycles. The molecule has 230 valence electrons. The molecule has 2 amide bonds. The van der Waals surface area contributed by atoms with E-state index >= 15 is 0 Å². The van der Waals surface area contributed by atoms with E-state index in [1.807, 2.05) is 11.8 Å². The van der Waals surface area contributed by atoms with Crippen LogP contribution in [0.5, 0.6) is 0 Å². The van der Waals surface area contributed by atoms with Crippen molar-refractivity contribution >= 4 is 43.8 Å². The fourth-order valence-electron chi connectivity index (χ4n) is 5.16. The zero-order valence-corrected chi connectivity index (χ0v) is 25.8. The number of rotatable bonds is 12. The molecule has 2 heterocycles. The maximum absolute atomic E-state index is 13.4. The molecule has 2 aromatic rings. The molecule has 14 heteroatoms. The van der Waals surface area contributed by atoms with Crippen molar-refractivity contribution < 1.29 is 32.7 Å². The van der Waals surface area contributed by atoms with E-state index < -0.39 is 21.8 Å². The summed E-state index contributed by atoms with van der Waals surface area (Å²) in [6.45, 7) is 6.79. The van der Waals surface area contributed by atoms with E-state index in [-0.39, 0.29) is 34.4 Å². The largest absolute Gasteiger partial charge is 0.393 e. The van der Waals surface area contributed by atoms with Gasteiger partial charge in [-0.25, -0.2) is 13.4 Å². The number of carbonyl (C=O) groups is 2. The molecule has 2 aliphatic rings. The van der Waals surface area contributed by atoms with Crippen molar-refractivity contribution in [2.24, 2.45) is 5.16 Å². The second-order valence-electron chi connectivity index (χ2n) is 10.7. The molecule has 3 atom stereocenters. The van der Waals surface area contributed by atoms with E-state index in [4.69, 9.17) is 9.57 Å². The third kappa shape index (κ3) is 8.57. The summed E-state index contributed by atoms with van der Waals surface area (Å²) >= 11 is 1.35. The number of hydrogen-bond donors (Lipinski definition) is 2. The van der Waals surface area contributed by atoms with Crippen molar-refractivity contribution in [2.75, 3.05) is 44.4 Å². The Morgan fingerprint density at radius 3 is 2.62 bits per heavy atom. The highest BCUT2D eigenvalue weighted by atomic mass is 32.2. The van der Waals surface area contributed by atoms with Gasteiger partial charge in [0.2, 0.25) is 5.91 Å². The maximum Gasteiger partial charge on any atom is 0.280 e. The first kappa shape index (κ1) is 32.0. The topological polar surface area (TPSA) is 151 Å². The first-order valence-electron chi connectivity index (χ1n) is 14.1. The van der Waals surface area contributed by atoms with Gasteiger partial charge in [0.1, 0.15) is 6.10 Å². The summed E-state index contributed by atoms with van der Waals surface area (Å²) in [7, 11) is -1.99. The number of aliphatic hydroxyl groups excluding tert-OH is 1. The summed E-state index contributed by atoms with van der Waals surface area (Å²) in [5.74, 6) is -0.519. The van der Waals surface area contributed by atoms with Crippen LogP contribution in [-0.2, 0) is 35.5 Å². The highest BCUT2D eigenvalue weighted by Gasteiger charge is 2.27. The number of anilines is 1. The standard InChI is InChI=1S/C28H39N5O7S2/c1-19-17-32(11-12-33(19)20(2)34)18-24-16-29-28(41-24)30-27(36)26(31-40-23-8-7-22(35)15-23)21-5-9-25(10-6-21)42(37,38)14-4-13-39-3/h5-6,9-10,16,19,22-23,35H,4,7-8,11-15,17-18H2,1-3H3,(H,29,30,36)/b31-26+/t19-,22+,23+/m0/s1. The molecule has 2 fully saturated rings. The van der Waals surface area contributed by atoms with Gasteiger partial charge in [0.15, 0.2) is 20.7 Å². The molecule has 0 spiro atoms. The second kappa shape index (κ2) is 14.5. The van der Waals surface area contributed by atoms with E-state index in [1.54, 1.807) is 13.1 Å². The summed E-state index contributed by atoms with van der Waals surface area (Å²) in [6.07, 6.45) is 2.95. The molecule has 1 aliphatic heterocycles. The van der Waals surface area contributed by atoms with E-state index in [9.17, 15) is 23.1 Å². The van der Waals surface area contributed by atoms with E-state index in [1.165, 1.54) is 42.7 Å². The lowest BCUT2D eigenvalue weighted by molar-refractivity contribution is -0.133. The van der Waals surface area contributed by atoms with Gasteiger partial charge in [-0.3, -0.25) is 19.8 Å². The lowest BCUT2D eigenvalue weighted by Gasteiger charge is -2.39. The highest BCUT2D eigenvalue weighted by Crippen LogP contribution is 2.24. The van der Waals surface area contributed by atoms with Crippen molar-refractivity contribution in [3.63, 3.8) is 0 Å². The Morgan fingerprint density at radius 1 is 1.21 bits per heavy atom. The Morgan fingerprint density at radius 2 is 1.98 bits per heavy atom. The molecular weight excluding hydrogens is 582 g/mol. The summed E-state index contributed by atoms with van der Waals surface area (Å²) in [5, 5.41) is 17.2. The van der Waals surface area contributed by atoms with Crippen molar-refractivity contribution in [3.8, 4) is 0 Å². The van der Waals surface area contributed by atoms with Crippen LogP contribution in [0.1, 0.15) is 50.0 Å². The van der Waals surface area contributed by atoms with Gasteiger partial charge < -0.3 is 19.6 Å². The van der Waals surface area contributed by atoms with Crippen LogP contribution in [0.3, 0.4) is 0 Å². The van der Waals surface area contributed by atoms with Gasteiger partial charge in [0, 0.05) is 75.9 Å². The van der Waals surface area contributed by atoms with Crippen LogP contribution in [0.2, 0.25) is 0 Å². The van der Waals surface area contributed by atoms with Crippen LogP contribution in [0.15, 0.2) is 40.5 Å². The van der Waals surface area contributed by atoms with Crippen LogP contribution in [0, 0.1) is 0 Å². The summed E-state index contributed by atoms with van der Waals surface area (Å²) in [6, 6.07) is 6.09. The van der Waals surface area contributed by atoms with E-state index in [0.29, 0.717) is 56.1 Å². The molecule has 2 N–H and O–H groups in total. The Balaban J connectivity index is 1.45. The van der Waals surface area contributed by atoms with Gasteiger partial charge in [-0.15, -0.1) is 11.3 Å². The Labute approximate surface area is 250 Å². The number of piperazine rings is 1. The van der Waals surface area contributed by atoms with Gasteiger partial charge in [-0.1, -0.05) is 17.3 Å². The summed E-state index contributed by atoms with van der Waals surface area (Å²) in [4.78, 5) is 40.4. The van der Waals surface area contributed by atoms with Gasteiger partial charge in [0.25, 0.3) is 5.91 Å². The number of aliphatic hydroxyl groups is 1. The van der Waals surface area contributed by atoms with Crippen molar-refractivity contribution in [1.29, 1.82) is 0 Å². The SMILES string of the molecule is COCCCS(=O)(=O)c1ccc(/C(=N\O[C@@H]2CC[C@@H](O)C2)C(=O)Nc2ncc(CN3CCN(C(C)=O)[C@@H](C)C3)s2)cc1. The van der Waals surface area contributed by atoms with E-state index in [2.05, 4.69) is 20.4 Å². The number of oxime groups is 1. The van der Waals surface area contributed by atoms with E-state index in [0.717, 1.165) is 18.0 Å². The molecule has 1 aromatic carbocycles. The predicted octanol–water partition coefficient (Wildman–Crippen LogP) is 2.28. The minimum Gasteiger partial charge on any atom is -0.393 e.